The monoisotopic (exact) mass is 652 g/mol. The van der Waals surface area contributed by atoms with Crippen molar-refractivity contribution in [2.24, 2.45) is 17.8 Å². The van der Waals surface area contributed by atoms with Gasteiger partial charge in [0.05, 0.1) is 28.1 Å². The van der Waals surface area contributed by atoms with Gasteiger partial charge in [0.2, 0.25) is 0 Å². The van der Waals surface area contributed by atoms with Gasteiger partial charge in [-0.2, -0.15) is 0 Å². The Labute approximate surface area is 275 Å². The Bertz CT molecular complexity index is 1540. The number of allylic oxidation sites excluding steroid dienone is 1. The highest BCUT2D eigenvalue weighted by molar-refractivity contribution is 7.99. The molecule has 2 aliphatic heterocycles. The number of hydrogen-bond acceptors (Lipinski definition) is 5. The third-order valence-corrected chi connectivity index (χ3v) is 13.4. The van der Waals surface area contributed by atoms with E-state index in [1.54, 1.807) is 6.07 Å². The molecule has 45 heavy (non-hydrogen) atoms. The molecular weight excluding hydrogens is 604 g/mol. The zero-order valence-electron chi connectivity index (χ0n) is 27.1. The Morgan fingerprint density at radius 3 is 2.82 bits per heavy atom. The number of carbonyl (C=O) groups is 1. The fourth-order valence-electron chi connectivity index (χ4n) is 7.78. The predicted octanol–water partition coefficient (Wildman–Crippen LogP) is 7.37. The van der Waals surface area contributed by atoms with Crippen molar-refractivity contribution in [2.75, 3.05) is 31.2 Å². The molecule has 244 valence electrons. The average molecular weight is 653 g/mol. The number of unbranched alkanes of at least 4 members (excludes halogenated alkanes) is 1. The summed E-state index contributed by atoms with van der Waals surface area (Å²) in [5.74, 6) is 5.39. The van der Waals surface area contributed by atoms with Crippen molar-refractivity contribution in [1.82, 2.24) is 4.72 Å². The predicted molar refractivity (Wildman–Crippen MR) is 186 cm³/mol. The highest BCUT2D eigenvalue weighted by Gasteiger charge is 2.44. The second-order valence-corrected chi connectivity index (χ2v) is 16.8. The summed E-state index contributed by atoms with van der Waals surface area (Å²) < 4.78 is 29.8. The number of amides is 1. The maximum atomic E-state index is 13.8. The van der Waals surface area contributed by atoms with Crippen LogP contribution < -0.4 is 14.4 Å². The second-order valence-electron chi connectivity index (χ2n) is 14.0. The average Bonchev–Trinajstić information content (AvgIpc) is 3.15. The molecule has 2 aromatic carbocycles. The highest BCUT2D eigenvalue weighted by atomic mass is 35.5. The van der Waals surface area contributed by atoms with Crippen LogP contribution in [0.1, 0.15) is 87.2 Å². The molecule has 6 nitrogen and oxygen atoms in total. The van der Waals surface area contributed by atoms with Crippen LogP contribution in [0.5, 0.6) is 5.75 Å². The van der Waals surface area contributed by atoms with Crippen molar-refractivity contribution in [1.29, 1.82) is 0 Å². The fourth-order valence-corrected chi connectivity index (χ4v) is 9.45. The number of nitrogens with one attached hydrogen (secondary N) is 1. The summed E-state index contributed by atoms with van der Waals surface area (Å²) in [5, 5.41) is 0.477. The molecular formula is C37H49ClN2O4S. The van der Waals surface area contributed by atoms with Crippen molar-refractivity contribution in [3.05, 3.63) is 70.3 Å². The normalized spacial score (nSPS) is 34.0. The molecule has 0 radical (unpaired) electrons. The number of ether oxygens (including phenoxy) is 2. The molecule has 1 fully saturated rings. The van der Waals surface area contributed by atoms with E-state index in [4.69, 9.17) is 21.1 Å². The first-order chi connectivity index (χ1) is 21.6. The number of anilines is 1. The van der Waals surface area contributed by atoms with Crippen molar-refractivity contribution >= 4 is 38.8 Å². The number of hydrogen-bond donors (Lipinski definition) is 1. The van der Waals surface area contributed by atoms with E-state index in [1.807, 2.05) is 25.1 Å². The number of carbonyl (C=O) groups excluding carboxylic acids is 1. The van der Waals surface area contributed by atoms with Crippen LogP contribution in [0.3, 0.4) is 0 Å². The Morgan fingerprint density at radius 2 is 2.04 bits per heavy atom. The van der Waals surface area contributed by atoms with Gasteiger partial charge in [-0.05, 0) is 117 Å². The molecule has 0 saturated heterocycles. The van der Waals surface area contributed by atoms with Crippen LogP contribution >= 0.6 is 11.6 Å². The smallest absolute Gasteiger partial charge is 0.262 e. The van der Waals surface area contributed by atoms with Gasteiger partial charge in [0, 0.05) is 40.9 Å². The zero-order valence-corrected chi connectivity index (χ0v) is 28.6. The van der Waals surface area contributed by atoms with Gasteiger partial charge in [-0.1, -0.05) is 50.1 Å². The van der Waals surface area contributed by atoms with Crippen LogP contribution in [0.25, 0.3) is 0 Å². The van der Waals surface area contributed by atoms with Gasteiger partial charge in [0.1, 0.15) is 5.75 Å². The Hall–Kier alpha value is -2.48. The van der Waals surface area contributed by atoms with Crippen LogP contribution in [0.4, 0.5) is 5.69 Å². The number of fused-ring (bicyclic) bond motifs is 4. The molecule has 7 atom stereocenters. The Balaban J connectivity index is 1.41. The highest BCUT2D eigenvalue weighted by Crippen LogP contribution is 2.47. The van der Waals surface area contributed by atoms with Crippen molar-refractivity contribution in [3.63, 3.8) is 0 Å². The molecule has 1 N–H and O–H groups in total. The summed E-state index contributed by atoms with van der Waals surface area (Å²) in [7, 11) is -2.90. The molecule has 6 rings (SSSR count). The van der Waals surface area contributed by atoms with Crippen LogP contribution in [0.2, 0.25) is 5.02 Å². The summed E-state index contributed by atoms with van der Waals surface area (Å²) in [5.41, 5.74) is 3.84. The van der Waals surface area contributed by atoms with Gasteiger partial charge in [0.25, 0.3) is 5.91 Å². The first kappa shape index (κ1) is 32.5. The first-order valence-electron chi connectivity index (χ1n) is 16.9. The van der Waals surface area contributed by atoms with Gasteiger partial charge in [0.15, 0.2) is 0 Å². The van der Waals surface area contributed by atoms with Crippen LogP contribution in [-0.4, -0.2) is 53.6 Å². The lowest BCUT2D eigenvalue weighted by atomic mass is 9.68. The van der Waals surface area contributed by atoms with Crippen LogP contribution in [-0.2, 0) is 26.3 Å². The molecule has 2 aliphatic carbocycles. The van der Waals surface area contributed by atoms with E-state index in [2.05, 4.69) is 53.6 Å². The molecule has 1 spiro atoms. The van der Waals surface area contributed by atoms with Crippen molar-refractivity contribution < 1.29 is 18.5 Å². The summed E-state index contributed by atoms with van der Waals surface area (Å²) in [6.45, 7) is 9.18. The quantitative estimate of drug-likeness (QED) is 0.212. The van der Waals surface area contributed by atoms with Gasteiger partial charge < -0.3 is 14.4 Å². The second kappa shape index (κ2) is 13.3. The molecule has 2 aromatic rings. The largest absolute Gasteiger partial charge is 0.490 e. The Morgan fingerprint density at radius 1 is 1.20 bits per heavy atom. The molecule has 8 heteroatoms. The number of halogens is 1. The van der Waals surface area contributed by atoms with E-state index in [9.17, 15) is 9.00 Å². The molecule has 1 unspecified atom stereocenters. The van der Waals surface area contributed by atoms with Gasteiger partial charge in [-0.25, -0.2) is 4.21 Å². The van der Waals surface area contributed by atoms with Crippen LogP contribution in [0, 0.1) is 17.8 Å². The number of nitrogens with zero attached hydrogens (tertiary/aromatic N) is 1. The standard InChI is InChI=1S/C37H49ClN2O4S/c1-5-6-19-43-34-11-7-9-25(2)26(3)45(4,42)39-36(41)28-13-17-35-33(21-28)40(22-29-12-15-31(29)34)23-37(24-44-35)18-8-10-27-20-30(38)14-16-32(27)37/h7,11,13-14,16-17,20-21,25-26,29,31,34H,4-6,8-10,12,15,18-19,22-24H2,1-3H3,(H,39,41,42)/b11-7+/t25-,26+,29-,31+,34-,37-,45?/m0/s1. The molecule has 0 aromatic heterocycles. The minimum absolute atomic E-state index is 0.0510. The molecule has 2 bridgehead atoms. The lowest BCUT2D eigenvalue weighted by Gasteiger charge is -2.46. The summed E-state index contributed by atoms with van der Waals surface area (Å²) >= 11 is 6.45. The van der Waals surface area contributed by atoms with Gasteiger partial charge >= 0.3 is 0 Å². The van der Waals surface area contributed by atoms with Crippen molar-refractivity contribution in [2.45, 2.75) is 88.9 Å². The van der Waals surface area contributed by atoms with E-state index in [1.165, 1.54) is 11.1 Å². The molecule has 1 amide bonds. The maximum Gasteiger partial charge on any atom is 0.262 e. The molecule has 4 aliphatic rings. The number of aryl methyl sites for hydroxylation is 1. The van der Waals surface area contributed by atoms with Gasteiger partial charge in [-0.15, -0.1) is 0 Å². The van der Waals surface area contributed by atoms with E-state index in [0.717, 1.165) is 87.5 Å². The van der Waals surface area contributed by atoms with Crippen molar-refractivity contribution in [3.8, 4) is 5.75 Å². The minimum atomic E-state index is -2.90. The number of benzene rings is 2. The lowest BCUT2D eigenvalue weighted by molar-refractivity contribution is -0.0150. The number of rotatable bonds is 4. The minimum Gasteiger partial charge on any atom is -0.490 e. The maximum absolute atomic E-state index is 13.8. The summed E-state index contributed by atoms with van der Waals surface area (Å²) in [6.07, 6.45) is 12.8. The van der Waals surface area contributed by atoms with Gasteiger partial charge in [-0.3, -0.25) is 9.52 Å². The molecule has 2 heterocycles. The summed E-state index contributed by atoms with van der Waals surface area (Å²) in [6, 6.07) is 12.0. The fraction of sp³-hybridized carbons (Fsp3) is 0.568. The van der Waals surface area contributed by atoms with E-state index in [0.29, 0.717) is 24.0 Å². The zero-order chi connectivity index (χ0) is 31.8. The van der Waals surface area contributed by atoms with E-state index >= 15 is 0 Å². The van der Waals surface area contributed by atoms with Crippen LogP contribution in [0.15, 0.2) is 48.6 Å². The van der Waals surface area contributed by atoms with E-state index in [-0.39, 0.29) is 28.6 Å². The SMILES string of the molecule is C=S1(=O)NC(=O)c2ccc3c(c2)N(C[C@@H]2CC[C@H]2[C@@H](OCCCC)/C=C/C[C@H](C)[C@H]1C)C[C@@]1(CCCc2cc(Cl)ccc21)CO3. The third kappa shape index (κ3) is 6.68. The first-order valence-corrected chi connectivity index (χ1v) is 19.0. The third-order valence-electron chi connectivity index (χ3n) is 11.0. The topological polar surface area (TPSA) is 67.9 Å². The Kier molecular flexibility index (Phi) is 9.61. The molecule has 1 saturated carbocycles. The summed E-state index contributed by atoms with van der Waals surface area (Å²) in [4.78, 5) is 16.1. The lowest BCUT2D eigenvalue weighted by Crippen LogP contribution is -2.49. The van der Waals surface area contributed by atoms with E-state index < -0.39 is 9.71 Å².